The number of likely N-dealkylation sites (N-methyl/N-ethyl adjacent to an activating group) is 1. The number of Topliss-reactive ketones (excluding diaryl/α,β-unsaturated/α-hetero) is 1. The van der Waals surface area contributed by atoms with E-state index in [0.29, 0.717) is 12.1 Å². The number of carbonyl (C=O) groups is 1. The minimum atomic E-state index is -0.0268. The predicted octanol–water partition coefficient (Wildman–Crippen LogP) is -1.66. The summed E-state index contributed by atoms with van der Waals surface area (Å²) in [4.78, 5) is 11.9. The Bertz CT molecular complexity index is 237. The predicted molar refractivity (Wildman–Crippen MR) is 64.5 cm³/mol. The van der Waals surface area contributed by atoms with Crippen molar-refractivity contribution < 1.29 is 21.7 Å². The number of hydrogen-bond donors (Lipinski definition) is 1. The third kappa shape index (κ3) is 3.89. The molecule has 0 aliphatic carbocycles. The van der Waals surface area contributed by atoms with Crippen LogP contribution >= 0.6 is 0 Å². The average molecular weight is 249 g/mol. The fraction of sp³-hybridized carbons (Fsp3) is 0.750. The summed E-state index contributed by atoms with van der Waals surface area (Å²) in [6.07, 6.45) is 0. The average Bonchev–Trinajstić information content (AvgIpc) is 2.24. The number of quaternary nitrogens is 1. The van der Waals surface area contributed by atoms with Gasteiger partial charge in [0.2, 0.25) is 5.78 Å². The van der Waals surface area contributed by atoms with Crippen LogP contribution in [0.25, 0.3) is 0 Å². The second-order valence-electron chi connectivity index (χ2n) is 4.18. The Morgan fingerprint density at radius 3 is 2.06 bits per heavy atom. The van der Waals surface area contributed by atoms with Gasteiger partial charge >= 0.3 is 0 Å². The molecule has 0 heterocycles. The van der Waals surface area contributed by atoms with Crippen LogP contribution in [0, 0.1) is 0 Å². The van der Waals surface area contributed by atoms with Gasteiger partial charge in [0.15, 0.2) is 0 Å². The minimum absolute atomic E-state index is 0. The van der Waals surface area contributed by atoms with Gasteiger partial charge in [-0.25, -0.2) is 0 Å². The summed E-state index contributed by atoms with van der Waals surface area (Å²) in [6, 6.07) is -0.0268. The van der Waals surface area contributed by atoms with Crippen molar-refractivity contribution in [1.82, 2.24) is 0 Å². The molecule has 0 aromatic rings. The normalized spacial score (nSPS) is 12.8. The van der Waals surface area contributed by atoms with Gasteiger partial charge in [-0.3, -0.25) is 4.79 Å². The maximum atomic E-state index is 11.9. The standard InChI is InChI=1S/C12H25N2O.ClH/c1-6-14(7-2,9-8-13)11(5)12(15)10(3)4;/h11H,3,6-9,13H2,1-2,4-5H3;1H/q+1;/p-1. The van der Waals surface area contributed by atoms with Crippen molar-refractivity contribution in [2.75, 3.05) is 26.2 Å². The Labute approximate surface area is 106 Å². The fourth-order valence-electron chi connectivity index (χ4n) is 2.14. The first-order valence-corrected chi connectivity index (χ1v) is 5.70. The molecule has 0 aromatic heterocycles. The van der Waals surface area contributed by atoms with E-state index in [4.69, 9.17) is 5.73 Å². The molecule has 0 aromatic carbocycles. The van der Waals surface area contributed by atoms with Crippen LogP contribution in [-0.2, 0) is 4.79 Å². The third-order valence-corrected chi connectivity index (χ3v) is 3.46. The van der Waals surface area contributed by atoms with E-state index in [1.165, 1.54) is 0 Å². The SMILES string of the molecule is C=C(C)C(=O)C(C)[N+](CC)(CC)CCN.[Cl-]. The second-order valence-corrected chi connectivity index (χ2v) is 4.18. The highest BCUT2D eigenvalue weighted by Gasteiger charge is 2.34. The summed E-state index contributed by atoms with van der Waals surface area (Å²) in [7, 11) is 0. The Morgan fingerprint density at radius 1 is 1.38 bits per heavy atom. The summed E-state index contributed by atoms with van der Waals surface area (Å²) in [5, 5.41) is 0. The molecule has 0 fully saturated rings. The number of hydrogen-bond acceptors (Lipinski definition) is 2. The number of carbonyl (C=O) groups excluding carboxylic acids is 1. The Balaban J connectivity index is 0. The molecule has 4 heteroatoms. The summed E-state index contributed by atoms with van der Waals surface area (Å²) in [6.45, 7) is 15.1. The lowest BCUT2D eigenvalue weighted by Gasteiger charge is -2.41. The summed E-state index contributed by atoms with van der Waals surface area (Å²) in [5.74, 6) is 0.159. The van der Waals surface area contributed by atoms with Crippen molar-refractivity contribution in [3.8, 4) is 0 Å². The number of nitrogens with two attached hydrogens (primary N) is 1. The molecular formula is C12H25ClN2O. The van der Waals surface area contributed by atoms with Crippen molar-refractivity contribution in [3.63, 3.8) is 0 Å². The van der Waals surface area contributed by atoms with E-state index in [9.17, 15) is 4.79 Å². The molecule has 0 rings (SSSR count). The van der Waals surface area contributed by atoms with Gasteiger partial charge in [-0.15, -0.1) is 0 Å². The van der Waals surface area contributed by atoms with Crippen molar-refractivity contribution in [2.45, 2.75) is 33.7 Å². The summed E-state index contributed by atoms with van der Waals surface area (Å²) >= 11 is 0. The monoisotopic (exact) mass is 248 g/mol. The molecule has 3 nitrogen and oxygen atoms in total. The fourth-order valence-corrected chi connectivity index (χ4v) is 2.14. The van der Waals surface area contributed by atoms with Crippen LogP contribution < -0.4 is 18.1 Å². The van der Waals surface area contributed by atoms with Gasteiger partial charge in [-0.2, -0.15) is 0 Å². The zero-order valence-electron chi connectivity index (χ0n) is 10.9. The Hall–Kier alpha value is -0.380. The molecule has 0 spiro atoms. The lowest BCUT2D eigenvalue weighted by Crippen LogP contribution is -3.00. The number of ketones is 1. The molecule has 0 aliphatic rings. The van der Waals surface area contributed by atoms with E-state index in [0.717, 1.165) is 24.1 Å². The van der Waals surface area contributed by atoms with Gasteiger partial charge < -0.3 is 22.6 Å². The summed E-state index contributed by atoms with van der Waals surface area (Å²) < 4.78 is 0.766. The lowest BCUT2D eigenvalue weighted by atomic mass is 10.0. The van der Waals surface area contributed by atoms with E-state index >= 15 is 0 Å². The summed E-state index contributed by atoms with van der Waals surface area (Å²) in [5.41, 5.74) is 6.27. The lowest BCUT2D eigenvalue weighted by molar-refractivity contribution is -0.936. The number of nitrogens with zero attached hydrogens (tertiary/aromatic N) is 1. The zero-order chi connectivity index (χ0) is 12.1. The van der Waals surface area contributed by atoms with Gasteiger partial charge in [0.05, 0.1) is 19.6 Å². The van der Waals surface area contributed by atoms with E-state index in [1.807, 2.05) is 6.92 Å². The highest BCUT2D eigenvalue weighted by Crippen LogP contribution is 2.16. The molecule has 0 radical (unpaired) electrons. The first kappa shape index (κ1) is 18.0. The van der Waals surface area contributed by atoms with Crippen LogP contribution in [-0.4, -0.2) is 42.5 Å². The number of rotatable bonds is 7. The van der Waals surface area contributed by atoms with Crippen molar-refractivity contribution in [1.29, 1.82) is 0 Å². The van der Waals surface area contributed by atoms with Gasteiger partial charge in [0.1, 0.15) is 6.04 Å². The largest absolute Gasteiger partial charge is 1.00 e. The molecule has 1 atom stereocenters. The Kier molecular flexibility index (Phi) is 8.80. The van der Waals surface area contributed by atoms with Gasteiger partial charge in [-0.1, -0.05) is 6.58 Å². The molecule has 96 valence electrons. The first-order chi connectivity index (χ1) is 6.95. The topological polar surface area (TPSA) is 43.1 Å². The van der Waals surface area contributed by atoms with Crippen LogP contribution in [0.15, 0.2) is 12.2 Å². The molecular weight excluding hydrogens is 224 g/mol. The van der Waals surface area contributed by atoms with Crippen LogP contribution in [0.5, 0.6) is 0 Å². The van der Waals surface area contributed by atoms with Crippen LogP contribution in [0.1, 0.15) is 27.7 Å². The van der Waals surface area contributed by atoms with E-state index in [-0.39, 0.29) is 24.2 Å². The van der Waals surface area contributed by atoms with E-state index < -0.39 is 0 Å². The smallest absolute Gasteiger partial charge is 0.214 e. The molecule has 0 saturated heterocycles. The maximum Gasteiger partial charge on any atom is 0.214 e. The molecule has 1 unspecified atom stereocenters. The van der Waals surface area contributed by atoms with Gasteiger partial charge in [-0.05, 0) is 33.3 Å². The molecule has 16 heavy (non-hydrogen) atoms. The first-order valence-electron chi connectivity index (χ1n) is 5.70. The van der Waals surface area contributed by atoms with Gasteiger partial charge in [0, 0.05) is 6.54 Å². The van der Waals surface area contributed by atoms with E-state index in [2.05, 4.69) is 20.4 Å². The van der Waals surface area contributed by atoms with E-state index in [1.54, 1.807) is 6.92 Å². The molecule has 2 N–H and O–H groups in total. The van der Waals surface area contributed by atoms with Crippen molar-refractivity contribution in [2.24, 2.45) is 5.73 Å². The number of halogens is 1. The van der Waals surface area contributed by atoms with Crippen molar-refractivity contribution in [3.05, 3.63) is 12.2 Å². The van der Waals surface area contributed by atoms with Gasteiger partial charge in [0.25, 0.3) is 0 Å². The van der Waals surface area contributed by atoms with Crippen LogP contribution in [0.4, 0.5) is 0 Å². The van der Waals surface area contributed by atoms with Crippen molar-refractivity contribution >= 4 is 5.78 Å². The highest BCUT2D eigenvalue weighted by molar-refractivity contribution is 5.97. The van der Waals surface area contributed by atoms with Crippen LogP contribution in [0.2, 0.25) is 0 Å². The van der Waals surface area contributed by atoms with Crippen LogP contribution in [0.3, 0.4) is 0 Å². The zero-order valence-corrected chi connectivity index (χ0v) is 11.7. The highest BCUT2D eigenvalue weighted by atomic mass is 35.5. The Morgan fingerprint density at radius 2 is 1.81 bits per heavy atom. The quantitative estimate of drug-likeness (QED) is 0.433. The minimum Gasteiger partial charge on any atom is -1.00 e. The maximum absolute atomic E-state index is 11.9. The second kappa shape index (κ2) is 7.82. The molecule has 0 amide bonds. The molecule has 0 bridgehead atoms. The third-order valence-electron chi connectivity index (χ3n) is 3.46. The molecule has 0 aliphatic heterocycles. The molecule has 0 saturated carbocycles.